The van der Waals surface area contributed by atoms with Crippen LogP contribution in [0, 0.1) is 0 Å². The maximum Gasteiger partial charge on any atom is 0.135 e. The summed E-state index contributed by atoms with van der Waals surface area (Å²) < 4.78 is 5.15. The summed E-state index contributed by atoms with van der Waals surface area (Å²) in [6.45, 7) is 0.686. The Morgan fingerprint density at radius 3 is 2.39 bits per heavy atom. The van der Waals surface area contributed by atoms with Crippen molar-refractivity contribution in [1.82, 2.24) is 9.97 Å². The molecule has 0 spiro atoms. The zero-order valence-electron chi connectivity index (χ0n) is 12.9. The van der Waals surface area contributed by atoms with Crippen LogP contribution in [0.3, 0.4) is 0 Å². The third kappa shape index (κ3) is 4.20. The fraction of sp³-hybridized carbons (Fsp3) is 0.111. The monoisotopic (exact) mass is 306 g/mol. The Balaban J connectivity index is 1.63. The maximum atomic E-state index is 5.15. The number of hydrogen-bond acceptors (Lipinski definition) is 5. The summed E-state index contributed by atoms with van der Waals surface area (Å²) in [6.07, 6.45) is 1.54. The van der Waals surface area contributed by atoms with Gasteiger partial charge in [-0.05, 0) is 29.8 Å². The summed E-state index contributed by atoms with van der Waals surface area (Å²) >= 11 is 0. The second-order valence-electron chi connectivity index (χ2n) is 4.98. The van der Waals surface area contributed by atoms with Crippen molar-refractivity contribution in [1.29, 1.82) is 0 Å². The van der Waals surface area contributed by atoms with E-state index in [2.05, 4.69) is 20.6 Å². The molecule has 3 aromatic rings. The molecule has 0 aliphatic heterocycles. The van der Waals surface area contributed by atoms with E-state index in [-0.39, 0.29) is 0 Å². The van der Waals surface area contributed by atoms with Crippen molar-refractivity contribution >= 4 is 17.3 Å². The van der Waals surface area contributed by atoms with E-state index in [1.165, 1.54) is 0 Å². The van der Waals surface area contributed by atoms with Gasteiger partial charge in [-0.1, -0.05) is 30.3 Å². The summed E-state index contributed by atoms with van der Waals surface area (Å²) in [5.74, 6) is 2.38. The van der Waals surface area contributed by atoms with Gasteiger partial charge in [-0.25, -0.2) is 9.97 Å². The summed E-state index contributed by atoms with van der Waals surface area (Å²) in [4.78, 5) is 8.48. The number of nitrogens with one attached hydrogen (secondary N) is 2. The quantitative estimate of drug-likeness (QED) is 0.724. The molecule has 116 valence electrons. The number of aromatic nitrogens is 2. The van der Waals surface area contributed by atoms with Crippen molar-refractivity contribution in [2.45, 2.75) is 6.54 Å². The van der Waals surface area contributed by atoms with Gasteiger partial charge in [-0.3, -0.25) is 0 Å². The van der Waals surface area contributed by atoms with E-state index in [9.17, 15) is 0 Å². The van der Waals surface area contributed by atoms with Gasteiger partial charge in [-0.2, -0.15) is 0 Å². The average Bonchev–Trinajstić information content (AvgIpc) is 2.62. The third-order valence-corrected chi connectivity index (χ3v) is 3.35. The van der Waals surface area contributed by atoms with Gasteiger partial charge in [-0.15, -0.1) is 0 Å². The molecule has 3 rings (SSSR count). The third-order valence-electron chi connectivity index (χ3n) is 3.35. The maximum absolute atomic E-state index is 5.15. The minimum Gasteiger partial charge on any atom is -0.497 e. The average molecular weight is 306 g/mol. The Labute approximate surface area is 135 Å². The molecule has 1 aromatic heterocycles. The highest BCUT2D eigenvalue weighted by molar-refractivity contribution is 5.58. The van der Waals surface area contributed by atoms with Crippen LogP contribution in [0.4, 0.5) is 17.3 Å². The Hall–Kier alpha value is -3.08. The summed E-state index contributed by atoms with van der Waals surface area (Å²) in [5.41, 5.74) is 2.15. The largest absolute Gasteiger partial charge is 0.497 e. The Morgan fingerprint density at radius 2 is 1.65 bits per heavy atom. The molecule has 0 aliphatic rings. The first-order valence-corrected chi connectivity index (χ1v) is 7.34. The van der Waals surface area contributed by atoms with Crippen LogP contribution in [0.2, 0.25) is 0 Å². The molecule has 2 aromatic carbocycles. The van der Waals surface area contributed by atoms with Gasteiger partial charge in [0.15, 0.2) is 0 Å². The number of hydrogen-bond donors (Lipinski definition) is 2. The van der Waals surface area contributed by atoms with Crippen LogP contribution < -0.4 is 15.4 Å². The summed E-state index contributed by atoms with van der Waals surface area (Å²) in [7, 11) is 1.66. The molecule has 5 heteroatoms. The van der Waals surface area contributed by atoms with E-state index >= 15 is 0 Å². The smallest absolute Gasteiger partial charge is 0.135 e. The Bertz CT molecular complexity index is 744. The van der Waals surface area contributed by atoms with Crippen molar-refractivity contribution in [2.75, 3.05) is 17.7 Å². The molecule has 0 unspecified atom stereocenters. The van der Waals surface area contributed by atoms with Gasteiger partial charge in [0.05, 0.1) is 7.11 Å². The lowest BCUT2D eigenvalue weighted by Gasteiger charge is -2.09. The molecule has 5 nitrogen and oxygen atoms in total. The van der Waals surface area contributed by atoms with E-state index < -0.39 is 0 Å². The molecule has 0 saturated heterocycles. The second-order valence-corrected chi connectivity index (χ2v) is 4.98. The van der Waals surface area contributed by atoms with Crippen LogP contribution in [-0.4, -0.2) is 17.1 Å². The topological polar surface area (TPSA) is 59.1 Å². The zero-order chi connectivity index (χ0) is 15.9. The molecule has 0 aliphatic carbocycles. The number of para-hydroxylation sites is 1. The molecule has 1 heterocycles. The van der Waals surface area contributed by atoms with Gasteiger partial charge in [0.2, 0.25) is 0 Å². The van der Waals surface area contributed by atoms with Crippen LogP contribution in [0.25, 0.3) is 0 Å². The number of ether oxygens (including phenoxy) is 1. The normalized spacial score (nSPS) is 10.1. The number of nitrogens with zero attached hydrogens (tertiary/aromatic N) is 2. The molecule has 0 radical (unpaired) electrons. The predicted octanol–water partition coefficient (Wildman–Crippen LogP) is 3.84. The highest BCUT2D eigenvalue weighted by Gasteiger charge is 2.00. The second kappa shape index (κ2) is 7.26. The molecule has 0 atom stereocenters. The van der Waals surface area contributed by atoms with E-state index in [1.807, 2.05) is 60.7 Å². The lowest BCUT2D eigenvalue weighted by molar-refractivity contribution is 0.414. The Morgan fingerprint density at radius 1 is 0.913 bits per heavy atom. The molecule has 0 saturated carbocycles. The molecule has 0 amide bonds. The van der Waals surface area contributed by atoms with Crippen LogP contribution >= 0.6 is 0 Å². The minimum absolute atomic E-state index is 0.686. The van der Waals surface area contributed by atoms with Crippen LogP contribution in [-0.2, 0) is 6.54 Å². The van der Waals surface area contributed by atoms with Crippen molar-refractivity contribution in [3.05, 3.63) is 72.6 Å². The fourth-order valence-corrected chi connectivity index (χ4v) is 2.13. The zero-order valence-corrected chi connectivity index (χ0v) is 12.9. The van der Waals surface area contributed by atoms with E-state index in [1.54, 1.807) is 13.4 Å². The lowest BCUT2D eigenvalue weighted by atomic mass is 10.2. The van der Waals surface area contributed by atoms with E-state index in [4.69, 9.17) is 4.74 Å². The minimum atomic E-state index is 0.686. The van der Waals surface area contributed by atoms with Gasteiger partial charge >= 0.3 is 0 Å². The van der Waals surface area contributed by atoms with Crippen LogP contribution in [0.1, 0.15) is 5.56 Å². The standard InChI is InChI=1S/C18H18N4O/c1-23-16-9-7-14(8-10-16)12-19-17-11-18(21-13-20-17)22-15-5-3-2-4-6-15/h2-11,13H,12H2,1H3,(H2,19,20,21,22). The summed E-state index contributed by atoms with van der Waals surface area (Å²) in [5, 5.41) is 6.54. The van der Waals surface area contributed by atoms with Crippen LogP contribution in [0.15, 0.2) is 67.0 Å². The number of rotatable bonds is 6. The van der Waals surface area contributed by atoms with Gasteiger partial charge in [0, 0.05) is 18.3 Å². The highest BCUT2D eigenvalue weighted by Crippen LogP contribution is 2.17. The predicted molar refractivity (Wildman–Crippen MR) is 92.1 cm³/mol. The molecular weight excluding hydrogens is 288 g/mol. The van der Waals surface area contributed by atoms with Crippen molar-refractivity contribution < 1.29 is 4.74 Å². The molecular formula is C18H18N4O. The first kappa shape index (κ1) is 14.8. The van der Waals surface area contributed by atoms with Gasteiger partial charge < -0.3 is 15.4 Å². The first-order valence-electron chi connectivity index (χ1n) is 7.34. The van der Waals surface area contributed by atoms with Crippen molar-refractivity contribution in [2.24, 2.45) is 0 Å². The number of anilines is 3. The molecule has 0 bridgehead atoms. The van der Waals surface area contributed by atoms with E-state index in [0.717, 1.165) is 28.6 Å². The van der Waals surface area contributed by atoms with Crippen molar-refractivity contribution in [3.63, 3.8) is 0 Å². The fourth-order valence-electron chi connectivity index (χ4n) is 2.13. The molecule has 2 N–H and O–H groups in total. The van der Waals surface area contributed by atoms with Crippen molar-refractivity contribution in [3.8, 4) is 5.75 Å². The molecule has 23 heavy (non-hydrogen) atoms. The number of methoxy groups -OCH3 is 1. The first-order chi connectivity index (χ1) is 11.3. The molecule has 0 fully saturated rings. The van der Waals surface area contributed by atoms with Gasteiger partial charge in [0.1, 0.15) is 23.7 Å². The SMILES string of the molecule is COc1ccc(CNc2cc(Nc3ccccc3)ncn2)cc1. The summed E-state index contributed by atoms with van der Waals surface area (Å²) in [6, 6.07) is 19.7. The Kier molecular flexibility index (Phi) is 4.69. The lowest BCUT2D eigenvalue weighted by Crippen LogP contribution is -2.03. The highest BCUT2D eigenvalue weighted by atomic mass is 16.5. The van der Waals surface area contributed by atoms with Crippen LogP contribution in [0.5, 0.6) is 5.75 Å². The van der Waals surface area contributed by atoms with E-state index in [0.29, 0.717) is 6.54 Å². The van der Waals surface area contributed by atoms with Gasteiger partial charge in [0.25, 0.3) is 0 Å². The number of benzene rings is 2.